The zero-order valence-corrected chi connectivity index (χ0v) is 28.8. The fourth-order valence-corrected chi connectivity index (χ4v) is 7.49. The second-order valence-corrected chi connectivity index (χ2v) is 13.9. The predicted octanol–water partition coefficient (Wildman–Crippen LogP) is 3.13. The Labute approximate surface area is 271 Å². The Kier molecular flexibility index (Phi) is 11.9. The van der Waals surface area contributed by atoms with Gasteiger partial charge in [-0.25, -0.2) is 14.0 Å². The Balaban J connectivity index is 2.20. The lowest BCUT2D eigenvalue weighted by atomic mass is 9.73. The fourth-order valence-electron chi connectivity index (χ4n) is 7.49. The number of ether oxygens (including phenoxy) is 5. The third-order valence-electron chi connectivity index (χ3n) is 10.2. The van der Waals surface area contributed by atoms with Crippen LogP contribution in [0.15, 0.2) is 12.7 Å². The highest BCUT2D eigenvalue weighted by Gasteiger charge is 2.60. The molecule has 0 aromatic heterocycles. The first-order valence-corrected chi connectivity index (χ1v) is 16.1. The van der Waals surface area contributed by atoms with E-state index in [1.165, 1.54) is 21.0 Å². The molecule has 0 saturated carbocycles. The van der Waals surface area contributed by atoms with Gasteiger partial charge in [-0.2, -0.15) is 0 Å². The number of methoxy groups -OCH3 is 1. The van der Waals surface area contributed by atoms with Crippen LogP contribution in [0.25, 0.3) is 0 Å². The average Bonchev–Trinajstić information content (AvgIpc) is 3.31. The number of esters is 1. The van der Waals surface area contributed by atoms with Crippen molar-refractivity contribution in [1.29, 1.82) is 0 Å². The van der Waals surface area contributed by atoms with Gasteiger partial charge in [-0.05, 0) is 54.1 Å². The highest BCUT2D eigenvalue weighted by Crippen LogP contribution is 2.41. The van der Waals surface area contributed by atoms with Gasteiger partial charge in [0.15, 0.2) is 17.7 Å². The van der Waals surface area contributed by atoms with Crippen molar-refractivity contribution in [1.82, 2.24) is 10.2 Å². The molecule has 0 aromatic carbocycles. The molecule has 1 unspecified atom stereocenters. The Morgan fingerprint density at radius 3 is 2.30 bits per heavy atom. The number of hydrogen-bond donors (Lipinski definition) is 2. The lowest BCUT2D eigenvalue weighted by Crippen LogP contribution is -2.62. The van der Waals surface area contributed by atoms with E-state index in [0.29, 0.717) is 6.42 Å². The molecule has 3 heterocycles. The van der Waals surface area contributed by atoms with Crippen LogP contribution in [0.5, 0.6) is 0 Å². The molecule has 0 spiro atoms. The van der Waals surface area contributed by atoms with E-state index in [1.807, 2.05) is 25.9 Å². The maximum Gasteiger partial charge on any atom is 0.408 e. The molecular weight excluding hydrogens is 603 g/mol. The van der Waals surface area contributed by atoms with Gasteiger partial charge in [-0.1, -0.05) is 33.8 Å². The van der Waals surface area contributed by atoms with Crippen LogP contribution in [0.3, 0.4) is 0 Å². The van der Waals surface area contributed by atoms with Crippen LogP contribution < -0.4 is 5.32 Å². The molecular formula is C33H53FN2O10. The SMILES string of the molecule is C=CCC1(F)C(=O)O[C@H](CC)[C@@]2(C)OC(=O)N[C@@H]2[C@@H](C)C(=O)[C@H](C)C[C@](C)(OC)[C@H](O[C@@H]2O[C@H](C)C[C@H](N(C)C)[C@H]2O)[C@@H](C)C1=O. The van der Waals surface area contributed by atoms with Crippen molar-refractivity contribution in [3.05, 3.63) is 12.7 Å². The number of aliphatic hydroxyl groups excluding tert-OH is 1. The van der Waals surface area contributed by atoms with E-state index in [9.17, 15) is 24.3 Å². The van der Waals surface area contributed by atoms with Gasteiger partial charge in [-0.3, -0.25) is 9.59 Å². The minimum absolute atomic E-state index is 0.00503. The molecule has 3 aliphatic heterocycles. The Bertz CT molecular complexity index is 1170. The first-order chi connectivity index (χ1) is 21.3. The highest BCUT2D eigenvalue weighted by molar-refractivity contribution is 6.08. The van der Waals surface area contributed by atoms with Crippen molar-refractivity contribution in [2.45, 2.75) is 134 Å². The number of Topliss-reactive ketones (excluding diaryl/α,β-unsaturated/α-hetero) is 2. The number of fused-ring (bicyclic) bond motifs is 1. The summed E-state index contributed by atoms with van der Waals surface area (Å²) < 4.78 is 46.7. The van der Waals surface area contributed by atoms with Crippen LogP contribution in [-0.2, 0) is 38.1 Å². The molecule has 3 saturated heterocycles. The minimum Gasteiger partial charge on any atom is -0.455 e. The Morgan fingerprint density at radius 2 is 1.76 bits per heavy atom. The van der Waals surface area contributed by atoms with Gasteiger partial charge < -0.3 is 39.0 Å². The third kappa shape index (κ3) is 7.03. The molecule has 1 amide bonds. The number of nitrogens with zero attached hydrogens (tertiary/aromatic N) is 1. The number of rotatable bonds is 7. The number of nitrogens with one attached hydrogen (secondary N) is 1. The molecule has 2 N–H and O–H groups in total. The van der Waals surface area contributed by atoms with E-state index in [-0.39, 0.29) is 30.8 Å². The Hall–Kier alpha value is -2.45. The number of hydrogen-bond acceptors (Lipinski definition) is 11. The molecule has 3 aliphatic rings. The minimum atomic E-state index is -3.20. The number of alkyl halides is 1. The van der Waals surface area contributed by atoms with Gasteiger partial charge in [0.25, 0.3) is 5.67 Å². The predicted molar refractivity (Wildman–Crippen MR) is 165 cm³/mol. The van der Waals surface area contributed by atoms with Gasteiger partial charge in [0.05, 0.1) is 23.9 Å². The number of alkyl carbamates (subject to hydrolysis) is 1. The average molecular weight is 657 g/mol. The summed E-state index contributed by atoms with van der Waals surface area (Å²) in [6.07, 6.45) is -5.03. The summed E-state index contributed by atoms with van der Waals surface area (Å²) in [5.74, 6) is -5.79. The number of allylic oxidation sites excluding steroid dienone is 1. The van der Waals surface area contributed by atoms with Gasteiger partial charge in [0, 0.05) is 37.3 Å². The number of carbonyl (C=O) groups is 4. The van der Waals surface area contributed by atoms with Crippen LogP contribution >= 0.6 is 0 Å². The highest BCUT2D eigenvalue weighted by atomic mass is 19.1. The lowest BCUT2D eigenvalue weighted by molar-refractivity contribution is -0.295. The normalized spacial score (nSPS) is 44.5. The van der Waals surface area contributed by atoms with E-state index in [4.69, 9.17) is 23.7 Å². The summed E-state index contributed by atoms with van der Waals surface area (Å²) in [4.78, 5) is 56.4. The number of carbonyl (C=O) groups excluding carboxylic acids is 4. The van der Waals surface area contributed by atoms with Crippen LogP contribution in [-0.4, -0.2) is 115 Å². The Morgan fingerprint density at radius 1 is 1.13 bits per heavy atom. The number of cyclic esters (lactones) is 1. The van der Waals surface area contributed by atoms with Gasteiger partial charge >= 0.3 is 12.1 Å². The largest absolute Gasteiger partial charge is 0.455 e. The molecule has 3 rings (SSSR count). The molecule has 13 heteroatoms. The van der Waals surface area contributed by atoms with Crippen molar-refractivity contribution in [3.8, 4) is 0 Å². The van der Waals surface area contributed by atoms with Crippen LogP contribution in [0.1, 0.15) is 74.1 Å². The maximum absolute atomic E-state index is 17.0. The van der Waals surface area contributed by atoms with E-state index < -0.39 is 89.5 Å². The van der Waals surface area contributed by atoms with Crippen LogP contribution in [0.2, 0.25) is 0 Å². The quantitative estimate of drug-likeness (QED) is 0.236. The van der Waals surface area contributed by atoms with Crippen molar-refractivity contribution < 1.29 is 52.4 Å². The van der Waals surface area contributed by atoms with Gasteiger partial charge in [0.2, 0.25) is 0 Å². The lowest BCUT2D eigenvalue weighted by Gasteiger charge is -2.47. The van der Waals surface area contributed by atoms with E-state index >= 15 is 4.39 Å². The summed E-state index contributed by atoms with van der Waals surface area (Å²) in [7, 11) is 5.01. The zero-order chi connectivity index (χ0) is 34.9. The molecule has 0 radical (unpaired) electrons. The second-order valence-electron chi connectivity index (χ2n) is 13.9. The zero-order valence-electron chi connectivity index (χ0n) is 28.8. The van der Waals surface area contributed by atoms with Crippen LogP contribution in [0.4, 0.5) is 9.18 Å². The summed E-state index contributed by atoms with van der Waals surface area (Å²) in [6, 6.07) is -1.29. The third-order valence-corrected chi connectivity index (χ3v) is 10.2. The standard InChI is InChI=1S/C33H53FN2O10/c1-12-14-33(34)26(39)20(6)27(45-28-24(38)21(36(9)10)15-18(4)43-28)31(7,42-11)16-17(3)23(37)19(5)25-32(8,46-30(41)35-25)22(13-2)44-29(33)40/h12,17-22,24-25,27-28,38H,1,13-16H2,2-11H3,(H,35,41)/t17-,18-,19+,20+,21+,22-,24-,25-,27-,28+,31+,32-,33?/m1/s1. The fraction of sp³-hybridized carbons (Fsp3) is 0.818. The molecule has 3 fully saturated rings. The molecule has 46 heavy (non-hydrogen) atoms. The first kappa shape index (κ1) is 38.0. The van der Waals surface area contributed by atoms with Gasteiger partial charge in [-0.15, -0.1) is 6.58 Å². The van der Waals surface area contributed by atoms with E-state index in [2.05, 4.69) is 11.9 Å². The van der Waals surface area contributed by atoms with E-state index in [1.54, 1.807) is 27.7 Å². The smallest absolute Gasteiger partial charge is 0.408 e. The summed E-state index contributed by atoms with van der Waals surface area (Å²) >= 11 is 0. The topological polar surface area (TPSA) is 150 Å². The number of amides is 1. The monoisotopic (exact) mass is 656 g/mol. The summed E-state index contributed by atoms with van der Waals surface area (Å²) in [5.41, 5.74) is -6.18. The molecule has 13 atom stereocenters. The summed E-state index contributed by atoms with van der Waals surface area (Å²) in [5, 5.41) is 14.0. The molecule has 262 valence electrons. The van der Waals surface area contributed by atoms with Crippen molar-refractivity contribution in [3.63, 3.8) is 0 Å². The first-order valence-electron chi connectivity index (χ1n) is 16.1. The molecule has 12 nitrogen and oxygen atoms in total. The molecule has 0 aromatic rings. The second kappa shape index (κ2) is 14.3. The number of likely N-dealkylation sites (N-methyl/N-ethyl adjacent to an activating group) is 1. The van der Waals surface area contributed by atoms with Crippen molar-refractivity contribution >= 4 is 23.6 Å². The number of ketones is 2. The number of aliphatic hydroxyl groups is 1. The van der Waals surface area contributed by atoms with Crippen LogP contribution in [0, 0.1) is 17.8 Å². The van der Waals surface area contributed by atoms with Crippen molar-refractivity contribution in [2.24, 2.45) is 17.8 Å². The van der Waals surface area contributed by atoms with Crippen molar-refractivity contribution in [2.75, 3.05) is 21.2 Å². The van der Waals surface area contributed by atoms with Gasteiger partial charge in [0.1, 0.15) is 18.0 Å². The maximum atomic E-state index is 17.0. The summed E-state index contributed by atoms with van der Waals surface area (Å²) in [6.45, 7) is 15.0. The van der Waals surface area contributed by atoms with E-state index in [0.717, 1.165) is 6.08 Å². The molecule has 0 aliphatic carbocycles. The number of halogens is 1. The molecule has 0 bridgehead atoms.